The molecule has 0 aliphatic heterocycles. The highest BCUT2D eigenvalue weighted by molar-refractivity contribution is 5.48. The Labute approximate surface area is 111 Å². The number of hydrogen-bond donors (Lipinski definition) is 1. The molecule has 4 atom stereocenters. The molecule has 2 rings (SSSR count). The van der Waals surface area contributed by atoms with E-state index in [0.717, 1.165) is 24.7 Å². The van der Waals surface area contributed by atoms with Crippen LogP contribution in [0.15, 0.2) is 11.6 Å². The summed E-state index contributed by atoms with van der Waals surface area (Å²) in [5.74, 6) is 2.80. The molecule has 2 nitrogen and oxygen atoms in total. The van der Waals surface area contributed by atoms with Crippen LogP contribution in [0.25, 0.3) is 0 Å². The molecule has 0 bridgehead atoms. The lowest BCUT2D eigenvalue weighted by Crippen LogP contribution is -2.56. The minimum atomic E-state index is 0.00894. The average molecular weight is 249 g/mol. The highest BCUT2D eigenvalue weighted by atomic mass is 16.1. The van der Waals surface area contributed by atoms with E-state index >= 15 is 0 Å². The number of hydrogen-bond acceptors (Lipinski definition) is 1. The molecule has 1 N–H and O–H groups in total. The Hall–Kier alpha value is -0.790. The Morgan fingerprint density at radius 3 is 2.78 bits per heavy atom. The molecule has 0 spiro atoms. The SMILES string of the molecule is CC1=C[C@@H]2[C@H](C(C)C)CC[C@@](C)(NC=O)[C@H]2CC1. The summed E-state index contributed by atoms with van der Waals surface area (Å²) < 4.78 is 0. The number of carbonyl (C=O) groups is 1. The van der Waals surface area contributed by atoms with Crippen molar-refractivity contribution >= 4 is 6.41 Å². The Balaban J connectivity index is 2.29. The van der Waals surface area contributed by atoms with E-state index in [-0.39, 0.29) is 5.54 Å². The van der Waals surface area contributed by atoms with Crippen molar-refractivity contribution in [2.45, 2.75) is 58.9 Å². The van der Waals surface area contributed by atoms with Crippen LogP contribution in [-0.4, -0.2) is 11.9 Å². The lowest BCUT2D eigenvalue weighted by molar-refractivity contribution is -0.113. The molecule has 0 saturated heterocycles. The molecule has 1 saturated carbocycles. The van der Waals surface area contributed by atoms with Gasteiger partial charge < -0.3 is 5.32 Å². The lowest BCUT2D eigenvalue weighted by atomic mass is 9.57. The quantitative estimate of drug-likeness (QED) is 0.601. The van der Waals surface area contributed by atoms with E-state index in [4.69, 9.17) is 0 Å². The van der Waals surface area contributed by atoms with Crippen molar-refractivity contribution in [3.63, 3.8) is 0 Å². The van der Waals surface area contributed by atoms with Crippen molar-refractivity contribution in [1.82, 2.24) is 5.32 Å². The largest absolute Gasteiger partial charge is 0.353 e. The minimum absolute atomic E-state index is 0.00894. The van der Waals surface area contributed by atoms with Gasteiger partial charge in [0.05, 0.1) is 0 Å². The third-order valence-electron chi connectivity index (χ3n) is 5.35. The molecular formula is C16H27NO. The van der Waals surface area contributed by atoms with Gasteiger partial charge in [0.1, 0.15) is 0 Å². The first-order chi connectivity index (χ1) is 8.48. The van der Waals surface area contributed by atoms with Crippen LogP contribution >= 0.6 is 0 Å². The van der Waals surface area contributed by atoms with Gasteiger partial charge in [0, 0.05) is 5.54 Å². The number of amides is 1. The monoisotopic (exact) mass is 249 g/mol. The van der Waals surface area contributed by atoms with Crippen molar-refractivity contribution in [3.8, 4) is 0 Å². The van der Waals surface area contributed by atoms with Crippen LogP contribution in [0.2, 0.25) is 0 Å². The zero-order valence-electron chi connectivity index (χ0n) is 12.2. The second-order valence-corrected chi connectivity index (χ2v) is 6.86. The normalized spacial score (nSPS) is 40.1. The van der Waals surface area contributed by atoms with Gasteiger partial charge in [-0.15, -0.1) is 0 Å². The number of fused-ring (bicyclic) bond motifs is 1. The zero-order valence-corrected chi connectivity index (χ0v) is 12.2. The zero-order chi connectivity index (χ0) is 13.3. The van der Waals surface area contributed by atoms with E-state index in [1.165, 1.54) is 24.8 Å². The molecule has 2 heteroatoms. The summed E-state index contributed by atoms with van der Waals surface area (Å²) in [6.45, 7) is 9.18. The van der Waals surface area contributed by atoms with Crippen molar-refractivity contribution in [2.24, 2.45) is 23.7 Å². The minimum Gasteiger partial charge on any atom is -0.353 e. The maximum atomic E-state index is 10.9. The third-order valence-corrected chi connectivity index (χ3v) is 5.35. The van der Waals surface area contributed by atoms with Gasteiger partial charge in [-0.1, -0.05) is 25.5 Å². The molecule has 0 radical (unpaired) electrons. The van der Waals surface area contributed by atoms with Crippen molar-refractivity contribution < 1.29 is 4.79 Å². The van der Waals surface area contributed by atoms with Crippen LogP contribution in [0, 0.1) is 23.7 Å². The second-order valence-electron chi connectivity index (χ2n) is 6.86. The molecule has 0 aromatic heterocycles. The van der Waals surface area contributed by atoms with Crippen molar-refractivity contribution in [1.29, 1.82) is 0 Å². The maximum absolute atomic E-state index is 10.9. The number of nitrogens with one attached hydrogen (secondary N) is 1. The second kappa shape index (κ2) is 5.07. The van der Waals surface area contributed by atoms with E-state index in [2.05, 4.69) is 39.1 Å². The van der Waals surface area contributed by atoms with Crippen molar-refractivity contribution in [3.05, 3.63) is 11.6 Å². The van der Waals surface area contributed by atoms with Crippen LogP contribution in [0.5, 0.6) is 0 Å². The Morgan fingerprint density at radius 2 is 2.17 bits per heavy atom. The van der Waals surface area contributed by atoms with Gasteiger partial charge in [-0.3, -0.25) is 4.79 Å². The predicted octanol–water partition coefficient (Wildman–Crippen LogP) is 3.53. The van der Waals surface area contributed by atoms with Crippen molar-refractivity contribution in [2.75, 3.05) is 0 Å². The molecule has 2 aliphatic rings. The highest BCUT2D eigenvalue weighted by Crippen LogP contribution is 2.49. The van der Waals surface area contributed by atoms with E-state index in [0.29, 0.717) is 11.8 Å². The smallest absolute Gasteiger partial charge is 0.207 e. The molecule has 0 heterocycles. The first-order valence-electron chi connectivity index (χ1n) is 7.36. The fraction of sp³-hybridized carbons (Fsp3) is 0.812. The Morgan fingerprint density at radius 1 is 1.44 bits per heavy atom. The summed E-state index contributed by atoms with van der Waals surface area (Å²) >= 11 is 0. The van der Waals surface area contributed by atoms with Gasteiger partial charge in [-0.2, -0.15) is 0 Å². The van der Waals surface area contributed by atoms with Crippen LogP contribution in [0.3, 0.4) is 0 Å². The number of rotatable bonds is 3. The molecule has 0 aromatic rings. The number of carbonyl (C=O) groups excluding carboxylic acids is 1. The molecular weight excluding hydrogens is 222 g/mol. The summed E-state index contributed by atoms with van der Waals surface area (Å²) in [5, 5.41) is 3.12. The highest BCUT2D eigenvalue weighted by Gasteiger charge is 2.46. The molecule has 1 amide bonds. The van der Waals surface area contributed by atoms with E-state index in [1.54, 1.807) is 0 Å². The van der Waals surface area contributed by atoms with Gasteiger partial charge in [-0.25, -0.2) is 0 Å². The fourth-order valence-electron chi connectivity index (χ4n) is 4.20. The van der Waals surface area contributed by atoms with Gasteiger partial charge >= 0.3 is 0 Å². The van der Waals surface area contributed by atoms with Gasteiger partial charge in [-0.05, 0) is 63.2 Å². The summed E-state index contributed by atoms with van der Waals surface area (Å²) in [4.78, 5) is 10.9. The van der Waals surface area contributed by atoms with Crippen LogP contribution < -0.4 is 5.32 Å². The Kier molecular flexibility index (Phi) is 3.84. The van der Waals surface area contributed by atoms with E-state index in [9.17, 15) is 4.79 Å². The van der Waals surface area contributed by atoms with E-state index in [1.807, 2.05) is 0 Å². The van der Waals surface area contributed by atoms with Gasteiger partial charge in [0.2, 0.25) is 6.41 Å². The van der Waals surface area contributed by atoms with Crippen LogP contribution in [-0.2, 0) is 4.79 Å². The maximum Gasteiger partial charge on any atom is 0.207 e. The first kappa shape index (κ1) is 13.6. The first-order valence-corrected chi connectivity index (χ1v) is 7.36. The topological polar surface area (TPSA) is 29.1 Å². The molecule has 2 aliphatic carbocycles. The van der Waals surface area contributed by atoms with Gasteiger partial charge in [0.15, 0.2) is 0 Å². The fourth-order valence-corrected chi connectivity index (χ4v) is 4.20. The van der Waals surface area contributed by atoms with Crippen LogP contribution in [0.4, 0.5) is 0 Å². The number of allylic oxidation sites excluding steroid dienone is 2. The van der Waals surface area contributed by atoms with Crippen LogP contribution in [0.1, 0.15) is 53.4 Å². The summed E-state index contributed by atoms with van der Waals surface area (Å²) in [6, 6.07) is 0. The molecule has 18 heavy (non-hydrogen) atoms. The third kappa shape index (κ3) is 2.34. The Bertz CT molecular complexity index is 347. The summed E-state index contributed by atoms with van der Waals surface area (Å²) in [5.41, 5.74) is 1.55. The predicted molar refractivity (Wildman–Crippen MR) is 75.1 cm³/mol. The summed E-state index contributed by atoms with van der Waals surface area (Å²) in [6.07, 6.45) is 8.19. The molecule has 0 unspecified atom stereocenters. The lowest BCUT2D eigenvalue weighted by Gasteiger charge is -2.51. The average Bonchev–Trinajstić information content (AvgIpc) is 2.28. The van der Waals surface area contributed by atoms with Gasteiger partial charge in [0.25, 0.3) is 0 Å². The summed E-state index contributed by atoms with van der Waals surface area (Å²) in [7, 11) is 0. The molecule has 0 aromatic carbocycles. The molecule has 1 fully saturated rings. The standard InChI is InChI=1S/C16H27NO/c1-11(2)13-7-8-16(4,17-10-18)15-6-5-12(3)9-14(13)15/h9-11,13-15H,5-8H2,1-4H3,(H,17,18)/t13-,14+,15-,16+/m0/s1. The molecule has 102 valence electrons. The van der Waals surface area contributed by atoms with E-state index < -0.39 is 0 Å².